The molecule has 0 aliphatic heterocycles. The summed E-state index contributed by atoms with van der Waals surface area (Å²) in [7, 11) is 6.27. The van der Waals surface area contributed by atoms with E-state index in [9.17, 15) is 13.2 Å². The van der Waals surface area contributed by atoms with Crippen LogP contribution >= 0.6 is 33.0 Å². The van der Waals surface area contributed by atoms with Crippen molar-refractivity contribution in [1.82, 2.24) is 14.8 Å². The van der Waals surface area contributed by atoms with Crippen LogP contribution in [0.2, 0.25) is 5.02 Å². The van der Waals surface area contributed by atoms with Crippen molar-refractivity contribution in [1.29, 1.82) is 0 Å². The Labute approximate surface area is 149 Å². The van der Waals surface area contributed by atoms with Gasteiger partial charge in [0.1, 0.15) is 0 Å². The smallest absolute Gasteiger partial charge is 0.357 e. The van der Waals surface area contributed by atoms with Crippen LogP contribution in [0.15, 0.2) is 18.2 Å². The van der Waals surface area contributed by atoms with Crippen molar-refractivity contribution in [2.24, 2.45) is 0 Å². The van der Waals surface area contributed by atoms with Crippen molar-refractivity contribution >= 4 is 47.2 Å². The molecule has 0 amide bonds. The SMILES string of the molecule is CNc1nc(C(F)(F)F)nn1-c1ccc(C)cc1Cl.O=S(=O)(Cl)Cl. The largest absolute Gasteiger partial charge is 0.453 e. The molecule has 0 saturated heterocycles. The second kappa shape index (κ2) is 7.77. The number of anilines is 1. The number of nitrogens with one attached hydrogen (secondary N) is 1. The highest BCUT2D eigenvalue weighted by molar-refractivity contribution is 8.31. The fourth-order valence-electron chi connectivity index (χ4n) is 1.55. The fourth-order valence-corrected chi connectivity index (χ4v) is 1.86. The molecule has 0 atom stereocenters. The van der Waals surface area contributed by atoms with Gasteiger partial charge in [-0.05, 0) is 24.6 Å². The van der Waals surface area contributed by atoms with E-state index < -0.39 is 20.3 Å². The first-order valence-electron chi connectivity index (χ1n) is 5.95. The quantitative estimate of drug-likeness (QED) is 0.736. The summed E-state index contributed by atoms with van der Waals surface area (Å²) in [6.45, 7) is 1.83. The van der Waals surface area contributed by atoms with Crippen LogP contribution in [0.4, 0.5) is 19.1 Å². The highest BCUT2D eigenvalue weighted by Crippen LogP contribution is 2.30. The minimum Gasteiger partial charge on any atom is -0.357 e. The van der Waals surface area contributed by atoms with Crippen molar-refractivity contribution in [3.63, 3.8) is 0 Å². The Balaban J connectivity index is 0.000000505. The van der Waals surface area contributed by atoms with E-state index >= 15 is 0 Å². The molecule has 6 nitrogen and oxygen atoms in total. The summed E-state index contributed by atoms with van der Waals surface area (Å²) in [5.41, 5.74) is 1.23. The molecule has 0 unspecified atom stereocenters. The first-order chi connectivity index (χ1) is 10.8. The van der Waals surface area contributed by atoms with Crippen LogP contribution in [0.3, 0.4) is 0 Å². The summed E-state index contributed by atoms with van der Waals surface area (Å²) in [6, 6.07) is 4.97. The molecule has 1 aromatic heterocycles. The minimum absolute atomic E-state index is 0.0296. The maximum Gasteiger partial charge on any atom is 0.453 e. The molecule has 24 heavy (non-hydrogen) atoms. The average Bonchev–Trinajstić information content (AvgIpc) is 2.80. The maximum atomic E-state index is 12.6. The zero-order chi connectivity index (χ0) is 18.7. The molecule has 0 aliphatic carbocycles. The zero-order valence-electron chi connectivity index (χ0n) is 12.1. The van der Waals surface area contributed by atoms with Gasteiger partial charge in [-0.2, -0.15) is 31.3 Å². The van der Waals surface area contributed by atoms with Crippen LogP contribution < -0.4 is 5.32 Å². The molecule has 134 valence electrons. The Morgan fingerprint density at radius 1 is 1.25 bits per heavy atom. The van der Waals surface area contributed by atoms with Crippen LogP contribution in [0.5, 0.6) is 0 Å². The molecule has 1 aromatic carbocycles. The summed E-state index contributed by atoms with van der Waals surface area (Å²) >= 11 is 6.02. The molecule has 0 bridgehead atoms. The zero-order valence-corrected chi connectivity index (χ0v) is 15.2. The third kappa shape index (κ3) is 6.34. The monoisotopic (exact) mass is 424 g/mol. The second-order valence-corrected chi connectivity index (χ2v) is 8.33. The van der Waals surface area contributed by atoms with Gasteiger partial charge in [0.05, 0.1) is 10.7 Å². The highest BCUT2D eigenvalue weighted by atomic mass is 36.0. The number of benzene rings is 1. The van der Waals surface area contributed by atoms with Gasteiger partial charge in [0.15, 0.2) is 0 Å². The van der Waals surface area contributed by atoms with E-state index in [1.807, 2.05) is 6.92 Å². The molecule has 0 aliphatic rings. The first kappa shape index (κ1) is 20.8. The fraction of sp³-hybridized carbons (Fsp3) is 0.273. The van der Waals surface area contributed by atoms with Gasteiger partial charge in [-0.3, -0.25) is 0 Å². The van der Waals surface area contributed by atoms with Crippen LogP contribution in [0.25, 0.3) is 5.69 Å². The Bertz CT molecular complexity index is 816. The van der Waals surface area contributed by atoms with Crippen molar-refractivity contribution in [2.75, 3.05) is 12.4 Å². The van der Waals surface area contributed by atoms with Crippen LogP contribution in [0.1, 0.15) is 11.4 Å². The Morgan fingerprint density at radius 3 is 2.21 bits per heavy atom. The third-order valence-corrected chi connectivity index (χ3v) is 2.72. The van der Waals surface area contributed by atoms with E-state index in [1.165, 1.54) is 7.05 Å². The first-order valence-corrected chi connectivity index (χ1v) is 9.47. The lowest BCUT2D eigenvalue weighted by Gasteiger charge is -2.07. The van der Waals surface area contributed by atoms with Crippen molar-refractivity contribution < 1.29 is 21.6 Å². The van der Waals surface area contributed by atoms with E-state index in [0.717, 1.165) is 10.2 Å². The van der Waals surface area contributed by atoms with Gasteiger partial charge in [-0.25, -0.2) is 0 Å². The standard InChI is InChI=1S/C11H10ClF3N4.Cl2O2S/c1-6-3-4-8(7(12)5-6)19-10(16-2)17-9(18-19)11(13,14)15;1-5(2,3)4/h3-5H,1-2H3,(H,16,17,18);. The normalized spacial score (nSPS) is 11.7. The third-order valence-electron chi connectivity index (χ3n) is 2.42. The molecular weight excluding hydrogens is 416 g/mol. The predicted molar refractivity (Wildman–Crippen MR) is 86.3 cm³/mol. The molecular formula is C11H10Cl3F3N4O2S. The van der Waals surface area contributed by atoms with Gasteiger partial charge < -0.3 is 5.32 Å². The number of hydrogen-bond acceptors (Lipinski definition) is 5. The summed E-state index contributed by atoms with van der Waals surface area (Å²) < 4.78 is 57.2. The summed E-state index contributed by atoms with van der Waals surface area (Å²) in [5, 5.41) is 6.31. The minimum atomic E-state index is -4.60. The summed E-state index contributed by atoms with van der Waals surface area (Å²) in [4.78, 5) is 3.40. The van der Waals surface area contributed by atoms with Crippen LogP contribution in [-0.2, 0) is 14.4 Å². The summed E-state index contributed by atoms with van der Waals surface area (Å²) in [5.74, 6) is -1.24. The number of nitrogens with zero attached hydrogens (tertiary/aromatic N) is 3. The molecule has 1 heterocycles. The average molecular weight is 426 g/mol. The number of rotatable bonds is 2. The van der Waals surface area contributed by atoms with Gasteiger partial charge in [0.2, 0.25) is 5.95 Å². The van der Waals surface area contributed by atoms with Gasteiger partial charge in [-0.15, -0.1) is 5.10 Å². The van der Waals surface area contributed by atoms with E-state index in [-0.39, 0.29) is 5.95 Å². The molecule has 0 saturated carbocycles. The molecule has 1 N–H and O–H groups in total. The number of alkyl halides is 3. The molecule has 13 heteroatoms. The van der Waals surface area contributed by atoms with Gasteiger partial charge in [0.25, 0.3) is 5.82 Å². The van der Waals surface area contributed by atoms with Crippen molar-refractivity contribution in [3.8, 4) is 5.69 Å². The second-order valence-electron chi connectivity index (χ2n) is 4.25. The van der Waals surface area contributed by atoms with Crippen molar-refractivity contribution in [3.05, 3.63) is 34.6 Å². The topological polar surface area (TPSA) is 76.9 Å². The summed E-state index contributed by atoms with van der Waals surface area (Å²) in [6.07, 6.45) is -4.60. The highest BCUT2D eigenvalue weighted by Gasteiger charge is 2.37. The Morgan fingerprint density at radius 2 is 1.79 bits per heavy atom. The molecule has 2 aromatic rings. The number of aromatic nitrogens is 3. The lowest BCUT2D eigenvalue weighted by atomic mass is 10.2. The van der Waals surface area contributed by atoms with Gasteiger partial charge in [-0.1, -0.05) is 17.7 Å². The Hall–Kier alpha value is -1.23. The number of aryl methyl sites for hydroxylation is 1. The lowest BCUT2D eigenvalue weighted by molar-refractivity contribution is -0.144. The Kier molecular flexibility index (Phi) is 6.74. The van der Waals surface area contributed by atoms with E-state index in [4.69, 9.17) is 20.0 Å². The molecule has 2 rings (SSSR count). The van der Waals surface area contributed by atoms with Crippen LogP contribution in [-0.4, -0.2) is 30.2 Å². The van der Waals surface area contributed by atoms with Crippen LogP contribution in [0, 0.1) is 6.92 Å². The van der Waals surface area contributed by atoms with E-state index in [2.05, 4.69) is 36.8 Å². The number of hydrogen-bond donors (Lipinski definition) is 1. The molecule has 0 fully saturated rings. The maximum absolute atomic E-state index is 12.6. The van der Waals surface area contributed by atoms with Gasteiger partial charge >= 0.3 is 14.4 Å². The van der Waals surface area contributed by atoms with E-state index in [1.54, 1.807) is 18.2 Å². The predicted octanol–water partition coefficient (Wildman–Crippen LogP) is 4.00. The number of halogens is 6. The molecule has 0 radical (unpaired) electrons. The lowest BCUT2D eigenvalue weighted by Crippen LogP contribution is -2.08. The van der Waals surface area contributed by atoms with Crippen molar-refractivity contribution in [2.45, 2.75) is 13.1 Å². The van der Waals surface area contributed by atoms with Gasteiger partial charge in [0, 0.05) is 28.4 Å². The van der Waals surface area contributed by atoms with E-state index in [0.29, 0.717) is 10.7 Å². The molecule has 0 spiro atoms.